The van der Waals surface area contributed by atoms with Crippen LogP contribution in [0.5, 0.6) is 0 Å². The van der Waals surface area contributed by atoms with Gasteiger partial charge in [0, 0.05) is 19.3 Å². The number of aromatic nitrogens is 5. The predicted molar refractivity (Wildman–Crippen MR) is 84.6 cm³/mol. The van der Waals surface area contributed by atoms with Crippen molar-refractivity contribution >= 4 is 32.7 Å². The molecule has 0 spiro atoms. The Bertz CT molecular complexity index is 937. The van der Waals surface area contributed by atoms with Crippen LogP contribution in [0.25, 0.3) is 16.9 Å². The van der Waals surface area contributed by atoms with Crippen LogP contribution in [0.15, 0.2) is 29.1 Å². The first-order valence-electron chi connectivity index (χ1n) is 6.79. The molecule has 0 aromatic carbocycles. The Balaban J connectivity index is 2.17. The number of nitrogens with zero attached hydrogens (tertiary/aromatic N) is 5. The van der Waals surface area contributed by atoms with Crippen molar-refractivity contribution < 1.29 is 13.6 Å². The predicted octanol–water partition coefficient (Wildman–Crippen LogP) is 2.11. The lowest BCUT2D eigenvalue weighted by atomic mass is 10.2. The highest BCUT2D eigenvalue weighted by atomic mass is 79.9. The summed E-state index contributed by atoms with van der Waals surface area (Å²) in [6, 6.07) is 2.74. The van der Waals surface area contributed by atoms with Crippen LogP contribution in [0.4, 0.5) is 8.78 Å². The molecule has 3 aromatic heterocycles. The molecule has 7 nitrogen and oxygen atoms in total. The smallest absolute Gasteiger partial charge is 0.287 e. The van der Waals surface area contributed by atoms with E-state index in [-0.39, 0.29) is 12.4 Å². The van der Waals surface area contributed by atoms with Crippen molar-refractivity contribution in [2.75, 3.05) is 0 Å². The second-order valence-corrected chi connectivity index (χ2v) is 5.92. The molecule has 0 aliphatic rings. The molecular formula is C14H11BrF2N6O. The largest absolute Gasteiger partial charge is 0.369 e. The summed E-state index contributed by atoms with van der Waals surface area (Å²) in [5.41, 5.74) is 5.70. The van der Waals surface area contributed by atoms with Crippen LogP contribution in [0.3, 0.4) is 0 Å². The molecule has 0 fully saturated rings. The van der Waals surface area contributed by atoms with Gasteiger partial charge in [0.15, 0.2) is 0 Å². The van der Waals surface area contributed by atoms with Gasteiger partial charge < -0.3 is 5.73 Å². The van der Waals surface area contributed by atoms with E-state index in [0.29, 0.717) is 21.2 Å². The summed E-state index contributed by atoms with van der Waals surface area (Å²) in [6.45, 7) is 0.755. The number of amides is 1. The fourth-order valence-electron chi connectivity index (χ4n) is 2.14. The Labute approximate surface area is 143 Å². The van der Waals surface area contributed by atoms with Crippen LogP contribution in [0.1, 0.15) is 18.3 Å². The molecule has 10 heteroatoms. The summed E-state index contributed by atoms with van der Waals surface area (Å²) >= 11 is 3.28. The lowest BCUT2D eigenvalue weighted by Crippen LogP contribution is -2.15. The molecule has 3 aromatic rings. The van der Waals surface area contributed by atoms with Crippen molar-refractivity contribution in [3.05, 3.63) is 40.5 Å². The molecule has 24 heavy (non-hydrogen) atoms. The highest BCUT2D eigenvalue weighted by Gasteiger charge is 2.27. The fourth-order valence-corrected chi connectivity index (χ4v) is 2.60. The Morgan fingerprint density at radius 2 is 2.17 bits per heavy atom. The normalized spacial score (nSPS) is 11.8. The van der Waals surface area contributed by atoms with E-state index in [1.807, 2.05) is 0 Å². The number of fused-ring (bicyclic) bond motifs is 1. The van der Waals surface area contributed by atoms with Crippen molar-refractivity contribution in [3.8, 4) is 5.95 Å². The summed E-state index contributed by atoms with van der Waals surface area (Å²) < 4.78 is 28.7. The molecule has 0 aliphatic heterocycles. The number of nitrogens with two attached hydrogens (primary N) is 1. The van der Waals surface area contributed by atoms with Crippen LogP contribution in [0.2, 0.25) is 0 Å². The second kappa shape index (κ2) is 5.86. The van der Waals surface area contributed by atoms with Gasteiger partial charge in [-0.05, 0) is 28.1 Å². The van der Waals surface area contributed by atoms with Crippen molar-refractivity contribution in [1.29, 1.82) is 0 Å². The van der Waals surface area contributed by atoms with E-state index in [2.05, 4.69) is 36.0 Å². The summed E-state index contributed by atoms with van der Waals surface area (Å²) in [6.07, 6.45) is 2.70. The molecule has 0 aliphatic carbocycles. The van der Waals surface area contributed by atoms with Crippen LogP contribution >= 0.6 is 15.9 Å². The lowest BCUT2D eigenvalue weighted by molar-refractivity contribution is -0.117. The molecular weight excluding hydrogens is 386 g/mol. The maximum atomic E-state index is 13.5. The van der Waals surface area contributed by atoms with Gasteiger partial charge in [0.2, 0.25) is 5.91 Å². The number of pyridine rings is 1. The van der Waals surface area contributed by atoms with Gasteiger partial charge in [0.05, 0.1) is 23.0 Å². The van der Waals surface area contributed by atoms with Crippen LogP contribution < -0.4 is 5.73 Å². The van der Waals surface area contributed by atoms with Gasteiger partial charge in [-0.2, -0.15) is 18.6 Å². The maximum Gasteiger partial charge on any atom is 0.287 e. The topological polar surface area (TPSA) is 99.6 Å². The molecule has 0 unspecified atom stereocenters. The van der Waals surface area contributed by atoms with E-state index in [4.69, 9.17) is 5.73 Å². The minimum absolute atomic E-state index is 0.0130. The quantitative estimate of drug-likeness (QED) is 0.727. The highest BCUT2D eigenvalue weighted by Crippen LogP contribution is 2.27. The van der Waals surface area contributed by atoms with E-state index in [1.165, 1.54) is 17.1 Å². The average Bonchev–Trinajstić information content (AvgIpc) is 2.83. The summed E-state index contributed by atoms with van der Waals surface area (Å²) in [5.74, 6) is -3.65. The third-order valence-electron chi connectivity index (χ3n) is 3.21. The van der Waals surface area contributed by atoms with Crippen molar-refractivity contribution in [1.82, 2.24) is 24.7 Å². The Hall–Kier alpha value is -2.49. The third kappa shape index (κ3) is 3.09. The third-order valence-corrected chi connectivity index (χ3v) is 3.80. The number of carbonyl (C=O) groups excluding carboxylic acids is 1. The number of halogens is 3. The van der Waals surface area contributed by atoms with Gasteiger partial charge in [-0.25, -0.2) is 9.97 Å². The number of hydrogen-bond acceptors (Lipinski definition) is 5. The van der Waals surface area contributed by atoms with Gasteiger partial charge in [-0.15, -0.1) is 0 Å². The molecule has 0 saturated carbocycles. The zero-order valence-electron chi connectivity index (χ0n) is 12.4. The van der Waals surface area contributed by atoms with Crippen LogP contribution in [0, 0.1) is 0 Å². The number of rotatable bonds is 4. The van der Waals surface area contributed by atoms with E-state index in [1.54, 1.807) is 6.07 Å². The standard InChI is InChI=1S/C14H11BrF2N6O/c1-14(16,17)10-2-3-19-13(21-10)23-9-4-7(5-11(18)24)20-6-8(9)12(15)22-23/h2-4,6H,5H2,1H3,(H2,18,24). The highest BCUT2D eigenvalue weighted by molar-refractivity contribution is 9.10. The SMILES string of the molecule is CC(F)(F)c1ccnc(-n2nc(Br)c3cnc(CC(N)=O)cc32)n1. The van der Waals surface area contributed by atoms with Gasteiger partial charge in [0.1, 0.15) is 10.3 Å². The monoisotopic (exact) mass is 396 g/mol. The van der Waals surface area contributed by atoms with E-state index in [0.717, 1.165) is 13.0 Å². The molecule has 0 bridgehead atoms. The van der Waals surface area contributed by atoms with Crippen LogP contribution in [-0.4, -0.2) is 30.6 Å². The van der Waals surface area contributed by atoms with Gasteiger partial charge in [-0.3, -0.25) is 9.78 Å². The lowest BCUT2D eigenvalue weighted by Gasteiger charge is -2.10. The molecule has 3 rings (SSSR count). The van der Waals surface area contributed by atoms with Gasteiger partial charge in [0.25, 0.3) is 11.9 Å². The Morgan fingerprint density at radius 3 is 2.83 bits per heavy atom. The molecule has 0 saturated heterocycles. The summed E-state index contributed by atoms with van der Waals surface area (Å²) in [5, 5.41) is 4.84. The minimum atomic E-state index is -3.10. The van der Waals surface area contributed by atoms with Crippen molar-refractivity contribution in [3.63, 3.8) is 0 Å². The number of primary amides is 1. The molecule has 0 atom stereocenters. The Kier molecular flexibility index (Phi) is 3.99. The first-order valence-corrected chi connectivity index (χ1v) is 7.58. The average molecular weight is 397 g/mol. The maximum absolute atomic E-state index is 13.5. The van der Waals surface area contributed by atoms with Crippen molar-refractivity contribution in [2.24, 2.45) is 5.73 Å². The Morgan fingerprint density at radius 1 is 1.42 bits per heavy atom. The fraction of sp³-hybridized carbons (Fsp3) is 0.214. The second-order valence-electron chi connectivity index (χ2n) is 5.17. The van der Waals surface area contributed by atoms with Gasteiger partial charge >= 0.3 is 0 Å². The van der Waals surface area contributed by atoms with Crippen molar-refractivity contribution in [2.45, 2.75) is 19.3 Å². The summed E-state index contributed by atoms with van der Waals surface area (Å²) in [7, 11) is 0. The number of alkyl halides is 2. The summed E-state index contributed by atoms with van der Waals surface area (Å²) in [4.78, 5) is 23.1. The van der Waals surface area contributed by atoms with Gasteiger partial charge in [-0.1, -0.05) is 0 Å². The first kappa shape index (κ1) is 16.4. The molecule has 124 valence electrons. The molecule has 2 N–H and O–H groups in total. The van der Waals surface area contributed by atoms with E-state index < -0.39 is 17.5 Å². The number of hydrogen-bond donors (Lipinski definition) is 1. The zero-order valence-corrected chi connectivity index (χ0v) is 14.0. The molecule has 0 radical (unpaired) electrons. The van der Waals surface area contributed by atoms with Crippen LogP contribution in [-0.2, 0) is 17.1 Å². The number of carbonyl (C=O) groups is 1. The minimum Gasteiger partial charge on any atom is -0.369 e. The zero-order chi connectivity index (χ0) is 17.5. The molecule has 1 amide bonds. The van der Waals surface area contributed by atoms with E-state index in [9.17, 15) is 13.6 Å². The van der Waals surface area contributed by atoms with E-state index >= 15 is 0 Å². The first-order chi connectivity index (χ1) is 11.3. The molecule has 3 heterocycles.